The first-order chi connectivity index (χ1) is 11.8. The fraction of sp³-hybridized carbons (Fsp3) is 0.222. The van der Waals surface area contributed by atoms with E-state index in [1.165, 1.54) is 11.8 Å². The molecule has 2 amide bonds. The number of thioether (sulfide) groups is 1. The Hall–Kier alpha value is -1.69. The van der Waals surface area contributed by atoms with Crippen LogP contribution in [-0.2, 0) is 14.5 Å². The molecule has 2 unspecified atom stereocenters. The first-order valence-electron chi connectivity index (χ1n) is 7.74. The van der Waals surface area contributed by atoms with Crippen molar-refractivity contribution in [1.29, 1.82) is 0 Å². The second kappa shape index (κ2) is 5.66. The Labute approximate surface area is 159 Å². The third-order valence-corrected chi connectivity index (χ3v) is 6.48. The van der Waals surface area contributed by atoms with Gasteiger partial charge in [-0.15, -0.1) is 11.8 Å². The van der Waals surface area contributed by atoms with Crippen LogP contribution in [0, 0.1) is 6.92 Å². The summed E-state index contributed by atoms with van der Waals surface area (Å²) in [6, 6.07) is 10.5. The van der Waals surface area contributed by atoms with Gasteiger partial charge in [0.05, 0.1) is 10.9 Å². The molecule has 2 aliphatic rings. The van der Waals surface area contributed by atoms with E-state index in [2.05, 4.69) is 5.32 Å². The van der Waals surface area contributed by atoms with Gasteiger partial charge in [0.1, 0.15) is 0 Å². The van der Waals surface area contributed by atoms with Crippen molar-refractivity contribution < 1.29 is 9.59 Å². The smallest absolute Gasteiger partial charge is 0.266 e. The van der Waals surface area contributed by atoms with Gasteiger partial charge in [0.2, 0.25) is 10.8 Å². The van der Waals surface area contributed by atoms with Gasteiger partial charge < -0.3 is 5.32 Å². The Morgan fingerprint density at radius 2 is 1.80 bits per heavy atom. The number of amides is 2. The molecule has 2 heterocycles. The number of nitrogens with zero attached hydrogens (tertiary/aromatic N) is 1. The lowest BCUT2D eigenvalue weighted by Gasteiger charge is -2.32. The van der Waals surface area contributed by atoms with Crippen molar-refractivity contribution in [3.05, 3.63) is 57.6 Å². The van der Waals surface area contributed by atoms with Gasteiger partial charge in [0.25, 0.3) is 5.91 Å². The van der Waals surface area contributed by atoms with E-state index >= 15 is 0 Å². The van der Waals surface area contributed by atoms with Crippen molar-refractivity contribution in [2.75, 3.05) is 10.2 Å². The van der Waals surface area contributed by atoms with Gasteiger partial charge in [-0.3, -0.25) is 14.5 Å². The monoisotopic (exact) mass is 392 g/mol. The number of aryl methyl sites for hydroxylation is 1. The molecular formula is C18H14Cl2N2O2S. The number of rotatable bonds is 1. The van der Waals surface area contributed by atoms with Crippen LogP contribution in [0.15, 0.2) is 36.4 Å². The van der Waals surface area contributed by atoms with Gasteiger partial charge in [-0.2, -0.15) is 0 Å². The molecule has 0 aliphatic carbocycles. The van der Waals surface area contributed by atoms with E-state index in [1.54, 1.807) is 41.3 Å². The average Bonchev–Trinajstić information content (AvgIpc) is 2.98. The van der Waals surface area contributed by atoms with Crippen LogP contribution in [0.1, 0.15) is 18.1 Å². The number of hydrogen-bond acceptors (Lipinski definition) is 3. The average molecular weight is 393 g/mol. The van der Waals surface area contributed by atoms with Crippen LogP contribution >= 0.6 is 35.0 Å². The minimum atomic E-state index is -1.16. The van der Waals surface area contributed by atoms with Crippen LogP contribution in [0.4, 0.5) is 11.4 Å². The zero-order chi connectivity index (χ0) is 17.9. The summed E-state index contributed by atoms with van der Waals surface area (Å²) in [6.07, 6.45) is 0. The first-order valence-corrected chi connectivity index (χ1v) is 9.37. The molecule has 0 saturated carbocycles. The maximum Gasteiger partial charge on any atom is 0.266 e. The molecule has 2 aromatic rings. The summed E-state index contributed by atoms with van der Waals surface area (Å²) < 4.78 is 0. The molecule has 2 aromatic carbocycles. The van der Waals surface area contributed by atoms with Crippen molar-refractivity contribution >= 4 is 58.2 Å². The third-order valence-electron chi connectivity index (χ3n) is 4.53. The van der Waals surface area contributed by atoms with Gasteiger partial charge in [0, 0.05) is 21.3 Å². The molecule has 1 saturated heterocycles. The molecule has 1 spiro atoms. The summed E-state index contributed by atoms with van der Waals surface area (Å²) in [4.78, 5) is 26.4. The zero-order valence-electron chi connectivity index (χ0n) is 13.5. The van der Waals surface area contributed by atoms with Gasteiger partial charge in [0.15, 0.2) is 0 Å². The first kappa shape index (κ1) is 16.8. The third kappa shape index (κ3) is 2.30. The lowest BCUT2D eigenvalue weighted by atomic mass is 10.0. The molecule has 4 nitrogen and oxygen atoms in total. The highest BCUT2D eigenvalue weighted by Gasteiger charge is 2.61. The molecular weight excluding hydrogens is 379 g/mol. The number of anilines is 2. The van der Waals surface area contributed by atoms with E-state index in [1.807, 2.05) is 13.8 Å². The minimum Gasteiger partial charge on any atom is -0.322 e. The van der Waals surface area contributed by atoms with E-state index < -0.39 is 4.87 Å². The number of nitrogens with one attached hydrogen (secondary N) is 1. The molecule has 1 fully saturated rings. The van der Waals surface area contributed by atoms with Crippen molar-refractivity contribution in [3.8, 4) is 0 Å². The summed E-state index contributed by atoms with van der Waals surface area (Å²) >= 11 is 13.6. The van der Waals surface area contributed by atoms with E-state index in [0.717, 1.165) is 16.8 Å². The van der Waals surface area contributed by atoms with Crippen LogP contribution in [0.5, 0.6) is 0 Å². The van der Waals surface area contributed by atoms with Crippen molar-refractivity contribution in [3.63, 3.8) is 0 Å². The van der Waals surface area contributed by atoms with E-state index in [-0.39, 0.29) is 17.1 Å². The number of carbonyl (C=O) groups is 2. The van der Waals surface area contributed by atoms with Gasteiger partial charge in [-0.25, -0.2) is 0 Å². The summed E-state index contributed by atoms with van der Waals surface area (Å²) in [7, 11) is 0. The molecule has 1 N–H and O–H groups in total. The van der Waals surface area contributed by atoms with Crippen molar-refractivity contribution in [1.82, 2.24) is 0 Å². The molecule has 0 radical (unpaired) electrons. The minimum absolute atomic E-state index is 0.118. The highest BCUT2D eigenvalue weighted by Crippen LogP contribution is 2.57. The van der Waals surface area contributed by atoms with Gasteiger partial charge in [-0.05, 0) is 55.8 Å². The second-order valence-corrected chi connectivity index (χ2v) is 8.56. The van der Waals surface area contributed by atoms with Crippen molar-refractivity contribution in [2.24, 2.45) is 0 Å². The SMILES string of the molecule is Cc1cc(Cl)cc2c1NC(=O)C21SC(C)C(=O)N1c1ccc(Cl)cc1. The molecule has 4 rings (SSSR count). The Morgan fingerprint density at radius 3 is 2.48 bits per heavy atom. The highest BCUT2D eigenvalue weighted by molar-refractivity contribution is 8.03. The van der Waals surface area contributed by atoms with E-state index in [0.29, 0.717) is 15.7 Å². The van der Waals surface area contributed by atoms with Crippen molar-refractivity contribution in [2.45, 2.75) is 24.0 Å². The fourth-order valence-corrected chi connectivity index (χ4v) is 5.29. The largest absolute Gasteiger partial charge is 0.322 e. The lowest BCUT2D eigenvalue weighted by molar-refractivity contribution is -0.122. The second-order valence-electron chi connectivity index (χ2n) is 6.15. The number of hydrogen-bond donors (Lipinski definition) is 1. The molecule has 128 valence electrons. The topological polar surface area (TPSA) is 49.4 Å². The molecule has 7 heteroatoms. The summed E-state index contributed by atoms with van der Waals surface area (Å²) in [5.74, 6) is -0.349. The number of halogens is 2. The standard InChI is InChI=1S/C18H14Cl2N2O2S/c1-9-7-12(20)8-14-15(9)21-17(24)18(14)22(16(23)10(2)25-18)13-5-3-11(19)4-6-13/h3-8,10H,1-2H3,(H,21,24). The fourth-order valence-electron chi connectivity index (χ4n) is 3.43. The summed E-state index contributed by atoms with van der Waals surface area (Å²) in [5, 5.41) is 3.69. The number of carbonyl (C=O) groups excluding carboxylic acids is 2. The Balaban J connectivity index is 1.98. The van der Waals surface area contributed by atoms with Gasteiger partial charge in [-0.1, -0.05) is 23.2 Å². The predicted octanol–water partition coefficient (Wildman–Crippen LogP) is 4.58. The predicted molar refractivity (Wildman–Crippen MR) is 102 cm³/mol. The lowest BCUT2D eigenvalue weighted by Crippen LogP contribution is -2.47. The Morgan fingerprint density at radius 1 is 1.12 bits per heavy atom. The van der Waals surface area contributed by atoms with E-state index in [4.69, 9.17) is 23.2 Å². The summed E-state index contributed by atoms with van der Waals surface area (Å²) in [6.45, 7) is 3.70. The zero-order valence-corrected chi connectivity index (χ0v) is 15.8. The Kier molecular flexibility index (Phi) is 3.79. The maximum absolute atomic E-state index is 13.1. The molecule has 2 atom stereocenters. The van der Waals surface area contributed by atoms with Crippen LogP contribution in [-0.4, -0.2) is 17.1 Å². The van der Waals surface area contributed by atoms with Crippen LogP contribution in [0.25, 0.3) is 0 Å². The Bertz CT molecular complexity index is 916. The molecule has 0 bridgehead atoms. The highest BCUT2D eigenvalue weighted by atomic mass is 35.5. The van der Waals surface area contributed by atoms with E-state index in [9.17, 15) is 9.59 Å². The number of fused-ring (bicyclic) bond motifs is 2. The quantitative estimate of drug-likeness (QED) is 0.772. The molecule has 0 aromatic heterocycles. The van der Waals surface area contributed by atoms with Crippen LogP contribution in [0.2, 0.25) is 10.0 Å². The van der Waals surface area contributed by atoms with Crippen LogP contribution in [0.3, 0.4) is 0 Å². The summed E-state index contributed by atoms with van der Waals surface area (Å²) in [5.41, 5.74) is 2.95. The van der Waals surface area contributed by atoms with Crippen LogP contribution < -0.4 is 10.2 Å². The molecule has 2 aliphatic heterocycles. The molecule has 25 heavy (non-hydrogen) atoms. The van der Waals surface area contributed by atoms with Gasteiger partial charge >= 0.3 is 0 Å². The normalized spacial score (nSPS) is 24.8. The maximum atomic E-state index is 13.1. The number of benzene rings is 2.